The van der Waals surface area contributed by atoms with E-state index in [1.54, 1.807) is 0 Å². The van der Waals surface area contributed by atoms with E-state index in [-0.39, 0.29) is 5.91 Å². The standard InChI is InChI=1S/C14H35N7O.2C2H6/c1-14(22)20-7-6-19-10-13-21(11-8-17-4-2-15)12-9-18-5-3-16;2*1-2/h17-19H,2-13,15-16H2,1H3,(H,20,22);2*1-2H3. The van der Waals surface area contributed by atoms with E-state index in [1.165, 1.54) is 6.92 Å². The minimum atomic E-state index is 0.0142. The minimum Gasteiger partial charge on any atom is -0.355 e. The topological polar surface area (TPSA) is 120 Å². The van der Waals surface area contributed by atoms with Gasteiger partial charge in [-0.05, 0) is 0 Å². The average molecular weight is 378 g/mol. The summed E-state index contributed by atoms with van der Waals surface area (Å²) in [5.41, 5.74) is 10.9. The van der Waals surface area contributed by atoms with Crippen molar-refractivity contribution in [3.05, 3.63) is 0 Å². The number of hydrogen-bond donors (Lipinski definition) is 6. The highest BCUT2D eigenvalue weighted by Crippen LogP contribution is 1.85. The van der Waals surface area contributed by atoms with Crippen LogP contribution in [-0.4, -0.2) is 89.3 Å². The fourth-order valence-electron chi connectivity index (χ4n) is 1.95. The largest absolute Gasteiger partial charge is 0.355 e. The summed E-state index contributed by atoms with van der Waals surface area (Å²) in [7, 11) is 0. The molecule has 0 heterocycles. The summed E-state index contributed by atoms with van der Waals surface area (Å²) in [6.45, 7) is 19.8. The van der Waals surface area contributed by atoms with Crippen LogP contribution in [0.2, 0.25) is 0 Å². The molecule has 0 aromatic heterocycles. The van der Waals surface area contributed by atoms with Crippen LogP contribution in [0, 0.1) is 0 Å². The SMILES string of the molecule is CC.CC.CC(=O)NCCNCCN(CCNCCN)CCNCCN. The second-order valence-corrected chi connectivity index (χ2v) is 5.15. The van der Waals surface area contributed by atoms with Gasteiger partial charge in [0, 0.05) is 85.5 Å². The van der Waals surface area contributed by atoms with Crippen LogP contribution in [0.5, 0.6) is 0 Å². The Bertz CT molecular complexity index is 244. The van der Waals surface area contributed by atoms with Gasteiger partial charge in [-0.25, -0.2) is 0 Å². The molecular formula is C18H47N7O. The van der Waals surface area contributed by atoms with Crippen LogP contribution in [0.3, 0.4) is 0 Å². The van der Waals surface area contributed by atoms with Crippen molar-refractivity contribution in [1.29, 1.82) is 0 Å². The van der Waals surface area contributed by atoms with E-state index in [1.807, 2.05) is 27.7 Å². The van der Waals surface area contributed by atoms with Crippen molar-refractivity contribution in [2.24, 2.45) is 11.5 Å². The zero-order valence-electron chi connectivity index (χ0n) is 18.0. The van der Waals surface area contributed by atoms with Crippen molar-refractivity contribution < 1.29 is 4.79 Å². The van der Waals surface area contributed by atoms with Crippen molar-refractivity contribution in [2.75, 3.05) is 78.5 Å². The van der Waals surface area contributed by atoms with E-state index in [0.717, 1.165) is 58.9 Å². The second-order valence-electron chi connectivity index (χ2n) is 5.15. The van der Waals surface area contributed by atoms with Gasteiger partial charge in [-0.15, -0.1) is 0 Å². The van der Waals surface area contributed by atoms with Crippen molar-refractivity contribution in [2.45, 2.75) is 34.6 Å². The highest BCUT2D eigenvalue weighted by molar-refractivity contribution is 5.72. The lowest BCUT2D eigenvalue weighted by molar-refractivity contribution is -0.118. The number of nitrogens with one attached hydrogen (secondary N) is 4. The van der Waals surface area contributed by atoms with Crippen LogP contribution < -0.4 is 32.7 Å². The summed E-state index contributed by atoms with van der Waals surface area (Å²) < 4.78 is 0. The van der Waals surface area contributed by atoms with E-state index in [4.69, 9.17) is 11.5 Å². The molecule has 0 aromatic carbocycles. The first-order valence-corrected chi connectivity index (χ1v) is 10.2. The van der Waals surface area contributed by atoms with E-state index < -0.39 is 0 Å². The number of carbonyl (C=O) groups excluding carboxylic acids is 1. The molecule has 0 atom stereocenters. The fraction of sp³-hybridized carbons (Fsp3) is 0.944. The summed E-state index contributed by atoms with van der Waals surface area (Å²) in [4.78, 5) is 13.2. The molecule has 0 saturated carbocycles. The Morgan fingerprint density at radius 2 is 1.08 bits per heavy atom. The number of nitrogens with two attached hydrogens (primary N) is 2. The maximum absolute atomic E-state index is 10.7. The maximum atomic E-state index is 10.7. The Morgan fingerprint density at radius 3 is 1.42 bits per heavy atom. The first kappa shape index (κ1) is 30.0. The quantitative estimate of drug-likeness (QED) is 0.194. The Labute approximate surface area is 162 Å². The highest BCUT2D eigenvalue weighted by atomic mass is 16.1. The normalized spacial score (nSPS) is 9.85. The lowest BCUT2D eigenvalue weighted by Crippen LogP contribution is -2.42. The van der Waals surface area contributed by atoms with Gasteiger partial charge in [0.2, 0.25) is 5.91 Å². The molecule has 8 N–H and O–H groups in total. The average Bonchev–Trinajstić information content (AvgIpc) is 2.67. The lowest BCUT2D eigenvalue weighted by Gasteiger charge is -2.23. The first-order chi connectivity index (χ1) is 12.7. The molecule has 8 nitrogen and oxygen atoms in total. The summed E-state index contributed by atoms with van der Waals surface area (Å²) >= 11 is 0. The van der Waals surface area contributed by atoms with E-state index >= 15 is 0 Å². The van der Waals surface area contributed by atoms with Crippen LogP contribution >= 0.6 is 0 Å². The molecule has 1 amide bonds. The van der Waals surface area contributed by atoms with Crippen LogP contribution in [0.15, 0.2) is 0 Å². The Hall–Kier alpha value is -0.770. The van der Waals surface area contributed by atoms with Gasteiger partial charge in [0.05, 0.1) is 0 Å². The molecule has 0 aliphatic heterocycles. The van der Waals surface area contributed by atoms with Gasteiger partial charge in [0.25, 0.3) is 0 Å². The molecule has 26 heavy (non-hydrogen) atoms. The molecule has 0 bridgehead atoms. The smallest absolute Gasteiger partial charge is 0.216 e. The van der Waals surface area contributed by atoms with Gasteiger partial charge < -0.3 is 32.7 Å². The molecule has 8 heteroatoms. The third-order valence-electron chi connectivity index (χ3n) is 3.13. The Balaban J connectivity index is -0.00000123. The summed E-state index contributed by atoms with van der Waals surface area (Å²) in [5.74, 6) is 0.0142. The highest BCUT2D eigenvalue weighted by Gasteiger charge is 2.03. The molecule has 0 aliphatic rings. The van der Waals surface area contributed by atoms with Gasteiger partial charge in [-0.1, -0.05) is 27.7 Å². The number of rotatable bonds is 16. The number of hydrogen-bond acceptors (Lipinski definition) is 7. The molecule has 0 radical (unpaired) electrons. The number of nitrogens with zero attached hydrogens (tertiary/aromatic N) is 1. The molecule has 0 spiro atoms. The predicted octanol–water partition coefficient (Wildman–Crippen LogP) is -0.837. The van der Waals surface area contributed by atoms with Crippen LogP contribution in [-0.2, 0) is 4.79 Å². The van der Waals surface area contributed by atoms with Gasteiger partial charge in [0.15, 0.2) is 0 Å². The molecule has 0 rings (SSSR count). The van der Waals surface area contributed by atoms with Gasteiger partial charge in [0.1, 0.15) is 0 Å². The van der Waals surface area contributed by atoms with E-state index in [2.05, 4.69) is 26.2 Å². The molecule has 0 aliphatic carbocycles. The minimum absolute atomic E-state index is 0.0142. The van der Waals surface area contributed by atoms with Crippen LogP contribution in [0.1, 0.15) is 34.6 Å². The summed E-state index contributed by atoms with van der Waals surface area (Å²) in [6, 6.07) is 0. The zero-order chi connectivity index (χ0) is 20.5. The van der Waals surface area contributed by atoms with E-state index in [0.29, 0.717) is 19.6 Å². The Morgan fingerprint density at radius 1 is 0.692 bits per heavy atom. The van der Waals surface area contributed by atoms with E-state index in [9.17, 15) is 4.79 Å². The molecule has 0 fully saturated rings. The van der Waals surface area contributed by atoms with Crippen molar-refractivity contribution in [1.82, 2.24) is 26.2 Å². The van der Waals surface area contributed by atoms with Crippen molar-refractivity contribution in [3.8, 4) is 0 Å². The summed E-state index contributed by atoms with van der Waals surface area (Å²) in [6.07, 6.45) is 0. The van der Waals surface area contributed by atoms with Gasteiger partial charge >= 0.3 is 0 Å². The van der Waals surface area contributed by atoms with Gasteiger partial charge in [-0.2, -0.15) is 0 Å². The second kappa shape index (κ2) is 29.0. The molecular weight excluding hydrogens is 330 g/mol. The number of amides is 1. The van der Waals surface area contributed by atoms with Gasteiger partial charge in [-0.3, -0.25) is 9.69 Å². The first-order valence-electron chi connectivity index (χ1n) is 10.2. The predicted molar refractivity (Wildman–Crippen MR) is 115 cm³/mol. The Kier molecular flexibility index (Phi) is 33.4. The van der Waals surface area contributed by atoms with Crippen molar-refractivity contribution in [3.63, 3.8) is 0 Å². The van der Waals surface area contributed by atoms with Crippen LogP contribution in [0.25, 0.3) is 0 Å². The lowest BCUT2D eigenvalue weighted by atomic mass is 10.4. The number of carbonyl (C=O) groups is 1. The van der Waals surface area contributed by atoms with Crippen molar-refractivity contribution >= 4 is 5.91 Å². The zero-order valence-corrected chi connectivity index (χ0v) is 18.0. The molecule has 160 valence electrons. The molecule has 0 aromatic rings. The third-order valence-corrected chi connectivity index (χ3v) is 3.13. The molecule has 0 unspecified atom stereocenters. The monoisotopic (exact) mass is 377 g/mol. The fourth-order valence-corrected chi connectivity index (χ4v) is 1.95. The molecule has 0 saturated heterocycles. The summed E-state index contributed by atoms with van der Waals surface area (Å²) in [5, 5.41) is 12.7. The third kappa shape index (κ3) is 28.1. The van der Waals surface area contributed by atoms with Crippen LogP contribution in [0.4, 0.5) is 0 Å². The maximum Gasteiger partial charge on any atom is 0.216 e.